The molecular weight excluding hydrogens is 156 g/mol. The zero-order chi connectivity index (χ0) is 8.44. The Kier molecular flexibility index (Phi) is 2.35. The summed E-state index contributed by atoms with van der Waals surface area (Å²) in [5.41, 5.74) is 0. The minimum absolute atomic E-state index is 0.421. The monoisotopic (exact) mass is 172 g/mol. The van der Waals surface area contributed by atoms with Crippen LogP contribution in [0.5, 0.6) is 0 Å². The van der Waals surface area contributed by atoms with Crippen molar-refractivity contribution in [1.82, 2.24) is 0 Å². The van der Waals surface area contributed by atoms with Crippen LogP contribution < -0.4 is 0 Å². The minimum atomic E-state index is -0.628. The van der Waals surface area contributed by atoms with Crippen molar-refractivity contribution in [3.63, 3.8) is 0 Å². The number of rotatable bonds is 1. The lowest BCUT2D eigenvalue weighted by Gasteiger charge is -2.43. The molecule has 70 valence electrons. The second kappa shape index (κ2) is 3.32. The van der Waals surface area contributed by atoms with E-state index in [1.54, 1.807) is 0 Å². The van der Waals surface area contributed by atoms with Crippen LogP contribution in [0.4, 0.5) is 0 Å². The first-order chi connectivity index (χ1) is 5.87. The van der Waals surface area contributed by atoms with E-state index in [9.17, 15) is 0 Å². The van der Waals surface area contributed by atoms with Crippen LogP contribution in [0.25, 0.3) is 0 Å². The summed E-state index contributed by atoms with van der Waals surface area (Å²) >= 11 is 0. The molecule has 1 N–H and O–H groups in total. The molecule has 12 heavy (non-hydrogen) atoms. The van der Waals surface area contributed by atoms with Gasteiger partial charge >= 0.3 is 0 Å². The van der Waals surface area contributed by atoms with Crippen molar-refractivity contribution in [3.8, 4) is 0 Å². The molecule has 0 radical (unpaired) electrons. The van der Waals surface area contributed by atoms with Crippen LogP contribution in [0.3, 0.4) is 0 Å². The molecule has 1 saturated carbocycles. The molecule has 0 amide bonds. The van der Waals surface area contributed by atoms with E-state index in [0.717, 1.165) is 38.7 Å². The highest BCUT2D eigenvalue weighted by Gasteiger charge is 2.45. The Hall–Kier alpha value is -0.120. The summed E-state index contributed by atoms with van der Waals surface area (Å²) in [5.74, 6) is -0.207. The maximum Gasteiger partial charge on any atom is 0.204 e. The van der Waals surface area contributed by atoms with E-state index in [4.69, 9.17) is 9.99 Å². The van der Waals surface area contributed by atoms with E-state index in [2.05, 4.69) is 4.89 Å². The zero-order valence-electron chi connectivity index (χ0n) is 7.29. The molecule has 1 saturated heterocycles. The van der Waals surface area contributed by atoms with Crippen molar-refractivity contribution in [2.75, 3.05) is 6.61 Å². The molecule has 2 unspecified atom stereocenters. The predicted octanol–water partition coefficient (Wildman–Crippen LogP) is 2.17. The maximum atomic E-state index is 8.85. The molecule has 1 aliphatic heterocycles. The maximum absolute atomic E-state index is 8.85. The molecule has 1 aliphatic carbocycles. The lowest BCUT2D eigenvalue weighted by molar-refractivity contribution is -0.435. The quantitative estimate of drug-likeness (QED) is 0.486. The first-order valence-corrected chi connectivity index (χ1v) is 4.84. The van der Waals surface area contributed by atoms with Gasteiger partial charge in [-0.25, -0.2) is 10.1 Å². The van der Waals surface area contributed by atoms with E-state index < -0.39 is 5.79 Å². The van der Waals surface area contributed by atoms with Crippen molar-refractivity contribution in [2.24, 2.45) is 5.92 Å². The molecule has 2 rings (SSSR count). The number of fused-ring (bicyclic) bond motifs is 1. The molecule has 0 aromatic rings. The first kappa shape index (κ1) is 8.48. The van der Waals surface area contributed by atoms with Crippen LogP contribution in [0.15, 0.2) is 0 Å². The first-order valence-electron chi connectivity index (χ1n) is 4.84. The summed E-state index contributed by atoms with van der Waals surface area (Å²) in [6.45, 7) is 0.733. The molecule has 0 aromatic carbocycles. The van der Waals surface area contributed by atoms with Gasteiger partial charge in [-0.1, -0.05) is 6.42 Å². The standard InChI is InChI=1S/C9H16O3/c10-12-9-6-2-1-4-8(9)5-3-7-11-9/h8,10H,1-7H2. The van der Waals surface area contributed by atoms with Gasteiger partial charge in [-0.15, -0.1) is 0 Å². The van der Waals surface area contributed by atoms with E-state index in [1.807, 2.05) is 0 Å². The van der Waals surface area contributed by atoms with Crippen molar-refractivity contribution < 1.29 is 14.9 Å². The van der Waals surface area contributed by atoms with E-state index >= 15 is 0 Å². The lowest BCUT2D eigenvalue weighted by Crippen LogP contribution is -2.48. The lowest BCUT2D eigenvalue weighted by atomic mass is 9.79. The van der Waals surface area contributed by atoms with Crippen molar-refractivity contribution in [3.05, 3.63) is 0 Å². The summed E-state index contributed by atoms with van der Waals surface area (Å²) in [6.07, 6.45) is 6.60. The summed E-state index contributed by atoms with van der Waals surface area (Å²) in [5, 5.41) is 8.85. The average molecular weight is 172 g/mol. The van der Waals surface area contributed by atoms with Gasteiger partial charge in [0.1, 0.15) is 0 Å². The Morgan fingerprint density at radius 1 is 1.25 bits per heavy atom. The molecule has 0 aromatic heterocycles. The molecule has 3 nitrogen and oxygen atoms in total. The molecule has 2 atom stereocenters. The molecule has 0 bridgehead atoms. The number of hydrogen-bond donors (Lipinski definition) is 1. The van der Waals surface area contributed by atoms with Gasteiger partial charge in [0.25, 0.3) is 0 Å². The Balaban J connectivity index is 2.10. The van der Waals surface area contributed by atoms with Crippen molar-refractivity contribution >= 4 is 0 Å². The van der Waals surface area contributed by atoms with E-state index in [0.29, 0.717) is 5.92 Å². The van der Waals surface area contributed by atoms with Gasteiger partial charge in [-0.2, -0.15) is 0 Å². The highest BCUT2D eigenvalue weighted by Crippen LogP contribution is 2.42. The number of ether oxygens (including phenoxy) is 1. The summed E-state index contributed by atoms with van der Waals surface area (Å²) in [6, 6.07) is 0. The fourth-order valence-electron chi connectivity index (χ4n) is 2.46. The van der Waals surface area contributed by atoms with Crippen LogP contribution in [0, 0.1) is 5.92 Å². The van der Waals surface area contributed by atoms with Crippen LogP contribution in [0.1, 0.15) is 38.5 Å². The summed E-state index contributed by atoms with van der Waals surface area (Å²) < 4.78 is 5.55. The predicted molar refractivity (Wildman–Crippen MR) is 43.6 cm³/mol. The normalized spacial score (nSPS) is 42.2. The molecular formula is C9H16O3. The Morgan fingerprint density at radius 2 is 2.08 bits per heavy atom. The smallest absolute Gasteiger partial charge is 0.204 e. The van der Waals surface area contributed by atoms with Gasteiger partial charge in [0, 0.05) is 12.3 Å². The third kappa shape index (κ3) is 1.26. The molecule has 0 spiro atoms. The third-order valence-corrected chi connectivity index (χ3v) is 3.15. The molecule has 1 heterocycles. The SMILES string of the molecule is OOC12CCCCC1CCCO2. The van der Waals surface area contributed by atoms with E-state index in [-0.39, 0.29) is 0 Å². The Labute approximate surface area is 72.6 Å². The van der Waals surface area contributed by atoms with Gasteiger partial charge in [-0.3, -0.25) is 0 Å². The summed E-state index contributed by atoms with van der Waals surface area (Å²) in [7, 11) is 0. The second-order valence-electron chi connectivity index (χ2n) is 3.84. The minimum Gasteiger partial charge on any atom is -0.347 e. The third-order valence-electron chi connectivity index (χ3n) is 3.15. The molecule has 2 fully saturated rings. The van der Waals surface area contributed by atoms with Gasteiger partial charge in [0.05, 0.1) is 6.61 Å². The largest absolute Gasteiger partial charge is 0.347 e. The van der Waals surface area contributed by atoms with Crippen LogP contribution >= 0.6 is 0 Å². The fourth-order valence-corrected chi connectivity index (χ4v) is 2.46. The van der Waals surface area contributed by atoms with E-state index in [1.165, 1.54) is 6.42 Å². The highest BCUT2D eigenvalue weighted by molar-refractivity contribution is 4.85. The van der Waals surface area contributed by atoms with Gasteiger partial charge in [-0.05, 0) is 25.7 Å². The van der Waals surface area contributed by atoms with Crippen LogP contribution in [-0.4, -0.2) is 17.7 Å². The fraction of sp³-hybridized carbons (Fsp3) is 1.00. The van der Waals surface area contributed by atoms with Crippen LogP contribution in [0.2, 0.25) is 0 Å². The average Bonchev–Trinajstić information content (AvgIpc) is 2.18. The Bertz CT molecular complexity index is 146. The van der Waals surface area contributed by atoms with Crippen molar-refractivity contribution in [2.45, 2.75) is 44.3 Å². The second-order valence-corrected chi connectivity index (χ2v) is 3.84. The Morgan fingerprint density at radius 3 is 2.83 bits per heavy atom. The van der Waals surface area contributed by atoms with Gasteiger partial charge in [0.15, 0.2) is 0 Å². The van der Waals surface area contributed by atoms with Gasteiger partial charge < -0.3 is 4.74 Å². The topological polar surface area (TPSA) is 38.7 Å². The molecule has 3 heteroatoms. The summed E-state index contributed by atoms with van der Waals surface area (Å²) in [4.78, 5) is 4.56. The van der Waals surface area contributed by atoms with Crippen molar-refractivity contribution in [1.29, 1.82) is 0 Å². The number of hydrogen-bond acceptors (Lipinski definition) is 3. The van der Waals surface area contributed by atoms with Crippen LogP contribution in [-0.2, 0) is 9.62 Å². The van der Waals surface area contributed by atoms with Gasteiger partial charge in [0.2, 0.25) is 5.79 Å². The molecule has 2 aliphatic rings. The zero-order valence-corrected chi connectivity index (χ0v) is 7.29. The highest BCUT2D eigenvalue weighted by atomic mass is 17.1.